The number of hydrogen-bond acceptors (Lipinski definition) is 5. The normalized spacial score (nSPS) is 15.1. The fourth-order valence-corrected chi connectivity index (χ4v) is 0.813. The van der Waals surface area contributed by atoms with Crippen LogP contribution in [0.1, 0.15) is 20.8 Å². The highest BCUT2D eigenvalue weighted by atomic mass is 16.6. The van der Waals surface area contributed by atoms with Crippen LogP contribution in [0, 0.1) is 5.92 Å². The van der Waals surface area contributed by atoms with Crippen molar-refractivity contribution < 1.29 is 19.4 Å². The number of hydrogen-bond donors (Lipinski definition) is 2. The Labute approximate surface area is 90.5 Å². The van der Waals surface area contributed by atoms with Crippen LogP contribution >= 0.6 is 0 Å². The minimum Gasteiger partial charge on any atom is -0.462 e. The van der Waals surface area contributed by atoms with Crippen molar-refractivity contribution in [1.29, 1.82) is 0 Å². The molecule has 5 nitrogen and oxygen atoms in total. The van der Waals surface area contributed by atoms with E-state index in [1.54, 1.807) is 0 Å². The van der Waals surface area contributed by atoms with Gasteiger partial charge in [0, 0.05) is 6.61 Å². The highest BCUT2D eigenvalue weighted by Gasteiger charge is 2.19. The summed E-state index contributed by atoms with van der Waals surface area (Å²) in [7, 11) is 0. The second-order valence-electron chi connectivity index (χ2n) is 3.90. The number of esters is 1. The summed E-state index contributed by atoms with van der Waals surface area (Å²) < 4.78 is 10.0. The fourth-order valence-electron chi connectivity index (χ4n) is 0.813. The van der Waals surface area contributed by atoms with Gasteiger partial charge in [0.05, 0.1) is 12.7 Å². The Kier molecular flexibility index (Phi) is 7.29. The van der Waals surface area contributed by atoms with Crippen LogP contribution in [0.5, 0.6) is 0 Å². The SMILES string of the molecule is CC(C)COCCOC(=O)C(N)C(C)O. The largest absolute Gasteiger partial charge is 0.462 e. The van der Waals surface area contributed by atoms with Gasteiger partial charge in [-0.25, -0.2) is 0 Å². The molecular formula is C10H21NO4. The van der Waals surface area contributed by atoms with Crippen LogP contribution in [-0.2, 0) is 14.3 Å². The molecule has 0 aromatic rings. The summed E-state index contributed by atoms with van der Waals surface area (Å²) >= 11 is 0. The average molecular weight is 219 g/mol. The highest BCUT2D eigenvalue weighted by Crippen LogP contribution is 1.94. The van der Waals surface area contributed by atoms with Gasteiger partial charge >= 0.3 is 5.97 Å². The second-order valence-corrected chi connectivity index (χ2v) is 3.90. The molecule has 0 aliphatic carbocycles. The van der Waals surface area contributed by atoms with E-state index in [0.717, 1.165) is 0 Å². The molecule has 3 N–H and O–H groups in total. The molecule has 0 bridgehead atoms. The van der Waals surface area contributed by atoms with Crippen LogP contribution in [0.25, 0.3) is 0 Å². The zero-order valence-corrected chi connectivity index (χ0v) is 9.60. The summed E-state index contributed by atoms with van der Waals surface area (Å²) in [5.74, 6) is -0.140. The van der Waals surface area contributed by atoms with Crippen molar-refractivity contribution in [3.05, 3.63) is 0 Å². The third-order valence-electron chi connectivity index (χ3n) is 1.72. The van der Waals surface area contributed by atoms with E-state index in [1.165, 1.54) is 6.92 Å². The average Bonchev–Trinajstić information content (AvgIpc) is 2.15. The van der Waals surface area contributed by atoms with Crippen molar-refractivity contribution >= 4 is 5.97 Å². The van der Waals surface area contributed by atoms with Crippen molar-refractivity contribution in [3.63, 3.8) is 0 Å². The van der Waals surface area contributed by atoms with Gasteiger partial charge in [-0.1, -0.05) is 13.8 Å². The predicted octanol–water partition coefficient (Wildman–Crippen LogP) is -0.0897. The maximum absolute atomic E-state index is 11.1. The van der Waals surface area contributed by atoms with E-state index >= 15 is 0 Å². The van der Waals surface area contributed by atoms with Gasteiger partial charge in [0.25, 0.3) is 0 Å². The van der Waals surface area contributed by atoms with Crippen LogP contribution in [0.15, 0.2) is 0 Å². The van der Waals surface area contributed by atoms with Crippen LogP contribution in [0.4, 0.5) is 0 Å². The number of carbonyl (C=O) groups is 1. The van der Waals surface area contributed by atoms with Crippen molar-refractivity contribution in [2.45, 2.75) is 32.9 Å². The lowest BCUT2D eigenvalue weighted by Crippen LogP contribution is -2.41. The van der Waals surface area contributed by atoms with Crippen LogP contribution in [0.3, 0.4) is 0 Å². The summed E-state index contributed by atoms with van der Waals surface area (Å²) in [4.78, 5) is 11.1. The first-order valence-electron chi connectivity index (χ1n) is 5.13. The number of aliphatic hydroxyl groups excluding tert-OH is 1. The molecule has 0 rings (SSSR count). The molecule has 0 aliphatic heterocycles. The van der Waals surface area contributed by atoms with Crippen molar-refractivity contribution in [2.75, 3.05) is 19.8 Å². The Morgan fingerprint density at radius 3 is 2.40 bits per heavy atom. The van der Waals surface area contributed by atoms with E-state index in [4.69, 9.17) is 20.3 Å². The number of aliphatic hydroxyl groups is 1. The second kappa shape index (κ2) is 7.62. The first-order chi connectivity index (χ1) is 6.95. The van der Waals surface area contributed by atoms with Gasteiger partial charge in [-0.3, -0.25) is 4.79 Å². The minimum atomic E-state index is -0.977. The highest BCUT2D eigenvalue weighted by molar-refractivity contribution is 5.76. The molecule has 0 aromatic carbocycles. The van der Waals surface area contributed by atoms with Gasteiger partial charge < -0.3 is 20.3 Å². The van der Waals surface area contributed by atoms with Gasteiger partial charge in [0.15, 0.2) is 0 Å². The molecule has 0 heterocycles. The van der Waals surface area contributed by atoms with Gasteiger partial charge in [-0.05, 0) is 12.8 Å². The molecular weight excluding hydrogens is 198 g/mol. The quantitative estimate of drug-likeness (QED) is 0.462. The molecule has 0 saturated carbocycles. The van der Waals surface area contributed by atoms with E-state index in [9.17, 15) is 4.79 Å². The lowest BCUT2D eigenvalue weighted by molar-refractivity contribution is -0.149. The lowest BCUT2D eigenvalue weighted by Gasteiger charge is -2.13. The number of ether oxygens (including phenoxy) is 2. The van der Waals surface area contributed by atoms with Gasteiger partial charge in [0.1, 0.15) is 12.6 Å². The molecule has 2 atom stereocenters. The molecule has 90 valence electrons. The zero-order chi connectivity index (χ0) is 11.8. The standard InChI is InChI=1S/C10H21NO4/c1-7(2)6-14-4-5-15-10(13)9(11)8(3)12/h7-9,12H,4-6,11H2,1-3H3. The van der Waals surface area contributed by atoms with Crippen LogP contribution in [0.2, 0.25) is 0 Å². The molecule has 15 heavy (non-hydrogen) atoms. The number of nitrogens with two attached hydrogens (primary N) is 1. The monoisotopic (exact) mass is 219 g/mol. The summed E-state index contributed by atoms with van der Waals surface area (Å²) in [5.41, 5.74) is 5.36. The Morgan fingerprint density at radius 1 is 1.33 bits per heavy atom. The maximum Gasteiger partial charge on any atom is 0.325 e. The molecule has 5 heteroatoms. The lowest BCUT2D eigenvalue weighted by atomic mass is 10.2. The first kappa shape index (κ1) is 14.3. The van der Waals surface area contributed by atoms with Crippen molar-refractivity contribution in [2.24, 2.45) is 11.7 Å². The van der Waals surface area contributed by atoms with Gasteiger partial charge in [-0.15, -0.1) is 0 Å². The summed E-state index contributed by atoms with van der Waals surface area (Å²) in [5, 5.41) is 9.01. The molecule has 0 fully saturated rings. The molecule has 0 amide bonds. The third-order valence-corrected chi connectivity index (χ3v) is 1.72. The fraction of sp³-hybridized carbons (Fsp3) is 0.900. The summed E-state index contributed by atoms with van der Waals surface area (Å²) in [6.45, 7) is 6.69. The Hall–Kier alpha value is -0.650. The van der Waals surface area contributed by atoms with E-state index in [-0.39, 0.29) is 6.61 Å². The predicted molar refractivity (Wildman–Crippen MR) is 56.3 cm³/mol. The summed E-state index contributed by atoms with van der Waals surface area (Å²) in [6, 6.07) is -0.977. The zero-order valence-electron chi connectivity index (χ0n) is 9.60. The topological polar surface area (TPSA) is 81.8 Å². The summed E-state index contributed by atoms with van der Waals surface area (Å²) in [6.07, 6.45) is -0.894. The van der Waals surface area contributed by atoms with E-state index in [0.29, 0.717) is 19.1 Å². The molecule has 0 radical (unpaired) electrons. The Bertz CT molecular complexity index is 182. The molecule has 0 aliphatic rings. The van der Waals surface area contributed by atoms with Gasteiger partial charge in [0.2, 0.25) is 0 Å². The molecule has 0 saturated heterocycles. The maximum atomic E-state index is 11.1. The van der Waals surface area contributed by atoms with E-state index < -0.39 is 18.1 Å². The Balaban J connectivity index is 3.47. The minimum absolute atomic E-state index is 0.173. The first-order valence-corrected chi connectivity index (χ1v) is 5.13. The van der Waals surface area contributed by atoms with Crippen LogP contribution < -0.4 is 5.73 Å². The third kappa shape index (κ3) is 7.30. The number of carbonyl (C=O) groups excluding carboxylic acids is 1. The molecule has 0 aromatic heterocycles. The van der Waals surface area contributed by atoms with E-state index in [1.807, 2.05) is 13.8 Å². The number of rotatable bonds is 7. The molecule has 0 spiro atoms. The van der Waals surface area contributed by atoms with E-state index in [2.05, 4.69) is 0 Å². The Morgan fingerprint density at radius 2 is 1.93 bits per heavy atom. The van der Waals surface area contributed by atoms with Crippen molar-refractivity contribution in [3.8, 4) is 0 Å². The smallest absolute Gasteiger partial charge is 0.325 e. The van der Waals surface area contributed by atoms with Crippen molar-refractivity contribution in [1.82, 2.24) is 0 Å². The van der Waals surface area contributed by atoms with Crippen LogP contribution in [-0.4, -0.2) is 43.0 Å². The molecule has 2 unspecified atom stereocenters. The van der Waals surface area contributed by atoms with Gasteiger partial charge in [-0.2, -0.15) is 0 Å².